The number of hydrogen-bond acceptors (Lipinski definition) is 5. The number of para-hydroxylation sites is 1. The van der Waals surface area contributed by atoms with Crippen LogP contribution in [0.15, 0.2) is 18.2 Å². The van der Waals surface area contributed by atoms with Crippen molar-refractivity contribution in [3.63, 3.8) is 0 Å². The molecule has 0 atom stereocenters. The van der Waals surface area contributed by atoms with Gasteiger partial charge in [0.15, 0.2) is 0 Å². The molecule has 1 fully saturated rings. The molecule has 0 bridgehead atoms. The summed E-state index contributed by atoms with van der Waals surface area (Å²) < 4.78 is 0. The SMILES string of the molecule is CCCN1CCN(c2cccc(N)c2[N+](=O)[O-])CC1. The Labute approximate surface area is 112 Å². The third kappa shape index (κ3) is 2.96. The molecule has 0 aliphatic carbocycles. The molecular formula is C13H20N4O2. The van der Waals surface area contributed by atoms with Crippen molar-refractivity contribution in [2.45, 2.75) is 13.3 Å². The topological polar surface area (TPSA) is 75.6 Å². The van der Waals surface area contributed by atoms with Crippen molar-refractivity contribution in [2.75, 3.05) is 43.4 Å². The summed E-state index contributed by atoms with van der Waals surface area (Å²) >= 11 is 0. The molecule has 1 aliphatic rings. The van der Waals surface area contributed by atoms with Gasteiger partial charge in [0.1, 0.15) is 11.4 Å². The van der Waals surface area contributed by atoms with Gasteiger partial charge in [0.05, 0.1) is 4.92 Å². The van der Waals surface area contributed by atoms with Crippen LogP contribution < -0.4 is 10.6 Å². The minimum Gasteiger partial charge on any atom is -0.393 e. The fraction of sp³-hybridized carbons (Fsp3) is 0.538. The average Bonchev–Trinajstić information content (AvgIpc) is 2.39. The first-order chi connectivity index (χ1) is 9.13. The molecule has 1 aliphatic heterocycles. The lowest BCUT2D eigenvalue weighted by atomic mass is 10.2. The van der Waals surface area contributed by atoms with Gasteiger partial charge in [-0.25, -0.2) is 0 Å². The Morgan fingerprint density at radius 2 is 2.00 bits per heavy atom. The van der Waals surface area contributed by atoms with E-state index in [-0.39, 0.29) is 16.3 Å². The highest BCUT2D eigenvalue weighted by atomic mass is 16.6. The predicted octanol–water partition coefficient (Wildman–Crippen LogP) is 1.71. The molecule has 6 nitrogen and oxygen atoms in total. The third-order valence-electron chi connectivity index (χ3n) is 3.48. The molecule has 6 heteroatoms. The molecule has 0 saturated carbocycles. The maximum atomic E-state index is 11.1. The van der Waals surface area contributed by atoms with Gasteiger partial charge >= 0.3 is 5.69 Å². The fourth-order valence-corrected chi connectivity index (χ4v) is 2.53. The molecule has 1 aromatic rings. The Bertz CT molecular complexity index is 456. The van der Waals surface area contributed by atoms with E-state index in [0.29, 0.717) is 5.69 Å². The molecule has 104 valence electrons. The van der Waals surface area contributed by atoms with Crippen LogP contribution in [0.3, 0.4) is 0 Å². The summed E-state index contributed by atoms with van der Waals surface area (Å²) in [5.41, 5.74) is 6.63. The van der Waals surface area contributed by atoms with Crippen LogP contribution in [0.5, 0.6) is 0 Å². The highest BCUT2D eigenvalue weighted by Crippen LogP contribution is 2.33. The number of nitrogens with two attached hydrogens (primary N) is 1. The molecule has 0 aromatic heterocycles. The second-order valence-electron chi connectivity index (χ2n) is 4.80. The molecule has 2 N–H and O–H groups in total. The lowest BCUT2D eigenvalue weighted by Gasteiger charge is -2.35. The first-order valence-electron chi connectivity index (χ1n) is 6.63. The number of nitro groups is 1. The minimum atomic E-state index is -0.386. The number of nitrogen functional groups attached to an aromatic ring is 1. The van der Waals surface area contributed by atoms with Crippen LogP contribution in [-0.2, 0) is 0 Å². The van der Waals surface area contributed by atoms with E-state index in [1.54, 1.807) is 18.2 Å². The lowest BCUT2D eigenvalue weighted by molar-refractivity contribution is -0.383. The first kappa shape index (κ1) is 13.6. The van der Waals surface area contributed by atoms with Crippen molar-refractivity contribution in [3.05, 3.63) is 28.3 Å². The molecule has 2 rings (SSSR count). The minimum absolute atomic E-state index is 0.0337. The molecule has 0 radical (unpaired) electrons. The summed E-state index contributed by atoms with van der Waals surface area (Å²) in [4.78, 5) is 15.2. The molecule has 1 heterocycles. The zero-order valence-corrected chi connectivity index (χ0v) is 11.2. The van der Waals surface area contributed by atoms with Gasteiger partial charge in [-0.3, -0.25) is 15.0 Å². The van der Waals surface area contributed by atoms with Crippen molar-refractivity contribution in [2.24, 2.45) is 0 Å². The van der Waals surface area contributed by atoms with Crippen molar-refractivity contribution in [3.8, 4) is 0 Å². The second-order valence-corrected chi connectivity index (χ2v) is 4.80. The van der Waals surface area contributed by atoms with Gasteiger partial charge in [0.25, 0.3) is 0 Å². The third-order valence-corrected chi connectivity index (χ3v) is 3.48. The second kappa shape index (κ2) is 5.88. The smallest absolute Gasteiger partial charge is 0.315 e. The standard InChI is InChI=1S/C13H20N4O2/c1-2-6-15-7-9-16(10-8-15)12-5-3-4-11(14)13(12)17(18)19/h3-5H,2,6-10,14H2,1H3. The Morgan fingerprint density at radius 1 is 1.32 bits per heavy atom. The summed E-state index contributed by atoms with van der Waals surface area (Å²) in [6.45, 7) is 6.76. The predicted molar refractivity (Wildman–Crippen MR) is 76.5 cm³/mol. The average molecular weight is 264 g/mol. The van der Waals surface area contributed by atoms with E-state index in [1.165, 1.54) is 0 Å². The highest BCUT2D eigenvalue weighted by molar-refractivity contribution is 5.75. The maximum absolute atomic E-state index is 11.1. The van der Waals surface area contributed by atoms with E-state index < -0.39 is 0 Å². The van der Waals surface area contributed by atoms with Gasteiger partial charge < -0.3 is 10.6 Å². The number of anilines is 2. The summed E-state index contributed by atoms with van der Waals surface area (Å²) in [5, 5.41) is 11.1. The van der Waals surface area contributed by atoms with Crippen LogP contribution in [0.25, 0.3) is 0 Å². The maximum Gasteiger partial charge on any atom is 0.315 e. The van der Waals surface area contributed by atoms with Gasteiger partial charge in [-0.1, -0.05) is 13.0 Å². The zero-order chi connectivity index (χ0) is 13.8. The Morgan fingerprint density at radius 3 is 2.58 bits per heavy atom. The fourth-order valence-electron chi connectivity index (χ4n) is 2.53. The first-order valence-corrected chi connectivity index (χ1v) is 6.63. The van der Waals surface area contributed by atoms with E-state index >= 15 is 0 Å². The van der Waals surface area contributed by atoms with E-state index in [0.717, 1.165) is 39.1 Å². The number of rotatable bonds is 4. The molecular weight excluding hydrogens is 244 g/mol. The number of benzene rings is 1. The highest BCUT2D eigenvalue weighted by Gasteiger charge is 2.25. The summed E-state index contributed by atoms with van der Waals surface area (Å²) in [6, 6.07) is 5.13. The van der Waals surface area contributed by atoms with Crippen molar-refractivity contribution in [1.29, 1.82) is 0 Å². The van der Waals surface area contributed by atoms with Gasteiger partial charge in [0.2, 0.25) is 0 Å². The van der Waals surface area contributed by atoms with E-state index in [4.69, 9.17) is 5.73 Å². The van der Waals surface area contributed by atoms with Gasteiger partial charge in [0, 0.05) is 26.2 Å². The van der Waals surface area contributed by atoms with Crippen molar-refractivity contribution in [1.82, 2.24) is 4.90 Å². The Balaban J connectivity index is 2.15. The number of piperazine rings is 1. The Hall–Kier alpha value is -1.82. The van der Waals surface area contributed by atoms with Gasteiger partial charge in [-0.05, 0) is 25.1 Å². The van der Waals surface area contributed by atoms with Crippen molar-refractivity contribution < 1.29 is 4.92 Å². The molecule has 19 heavy (non-hydrogen) atoms. The summed E-state index contributed by atoms with van der Waals surface area (Å²) in [5.74, 6) is 0. The van der Waals surface area contributed by atoms with Crippen LogP contribution in [-0.4, -0.2) is 42.5 Å². The quantitative estimate of drug-likeness (QED) is 0.509. The normalized spacial score (nSPS) is 16.6. The van der Waals surface area contributed by atoms with E-state index in [9.17, 15) is 10.1 Å². The monoisotopic (exact) mass is 264 g/mol. The largest absolute Gasteiger partial charge is 0.393 e. The molecule has 1 saturated heterocycles. The van der Waals surface area contributed by atoms with Crippen LogP contribution in [0.1, 0.15) is 13.3 Å². The van der Waals surface area contributed by atoms with Crippen LogP contribution >= 0.6 is 0 Å². The molecule has 0 spiro atoms. The molecule has 0 amide bonds. The van der Waals surface area contributed by atoms with Crippen LogP contribution in [0, 0.1) is 10.1 Å². The number of nitrogens with zero attached hydrogens (tertiary/aromatic N) is 3. The van der Waals surface area contributed by atoms with E-state index in [2.05, 4.69) is 16.7 Å². The summed E-state index contributed by atoms with van der Waals surface area (Å²) in [7, 11) is 0. The molecule has 0 unspecified atom stereocenters. The lowest BCUT2D eigenvalue weighted by Crippen LogP contribution is -2.46. The molecule has 1 aromatic carbocycles. The number of hydrogen-bond donors (Lipinski definition) is 1. The van der Waals surface area contributed by atoms with Crippen molar-refractivity contribution >= 4 is 17.1 Å². The van der Waals surface area contributed by atoms with E-state index in [1.807, 2.05) is 0 Å². The van der Waals surface area contributed by atoms with Gasteiger partial charge in [-0.15, -0.1) is 0 Å². The number of nitro benzene ring substituents is 1. The zero-order valence-electron chi connectivity index (χ0n) is 11.2. The van der Waals surface area contributed by atoms with Crippen LogP contribution in [0.4, 0.5) is 17.1 Å². The van der Waals surface area contributed by atoms with Crippen LogP contribution in [0.2, 0.25) is 0 Å². The Kier molecular flexibility index (Phi) is 4.21. The summed E-state index contributed by atoms with van der Waals surface area (Å²) in [6.07, 6.45) is 1.14. The van der Waals surface area contributed by atoms with Gasteiger partial charge in [-0.2, -0.15) is 0 Å².